The zero-order valence-corrected chi connectivity index (χ0v) is 8.99. The van der Waals surface area contributed by atoms with Crippen LogP contribution in [0.2, 0.25) is 0 Å². The van der Waals surface area contributed by atoms with Crippen molar-refractivity contribution in [3.05, 3.63) is 17.7 Å². The molecule has 5 heteroatoms. The van der Waals surface area contributed by atoms with Crippen LogP contribution in [0.25, 0.3) is 0 Å². The van der Waals surface area contributed by atoms with Crippen LogP contribution in [0, 0.1) is 0 Å². The number of rotatable bonds is 2. The maximum absolute atomic E-state index is 11.6. The molecular weight excluding hydrogens is 194 g/mol. The topological polar surface area (TPSA) is 58.2 Å². The van der Waals surface area contributed by atoms with E-state index in [-0.39, 0.29) is 12.0 Å². The Labute approximate surface area is 88.4 Å². The van der Waals surface area contributed by atoms with Crippen LogP contribution in [0.1, 0.15) is 18.3 Å². The highest BCUT2D eigenvalue weighted by molar-refractivity contribution is 5.76. The second-order valence-corrected chi connectivity index (χ2v) is 3.71. The molecule has 0 fully saturated rings. The number of aromatic amines is 1. The number of carbonyl (C=O) groups excluding carboxylic acids is 1. The molecule has 0 aliphatic carbocycles. The van der Waals surface area contributed by atoms with E-state index in [0.29, 0.717) is 13.0 Å². The second-order valence-electron chi connectivity index (χ2n) is 3.71. The van der Waals surface area contributed by atoms with Gasteiger partial charge in [-0.25, -0.2) is 4.98 Å². The van der Waals surface area contributed by atoms with Crippen molar-refractivity contribution >= 4 is 5.97 Å². The molecular formula is C10H15N3O2. The van der Waals surface area contributed by atoms with Gasteiger partial charge in [0.05, 0.1) is 24.3 Å². The maximum Gasteiger partial charge on any atom is 0.323 e. The number of aromatic nitrogens is 2. The molecule has 0 saturated carbocycles. The van der Waals surface area contributed by atoms with E-state index >= 15 is 0 Å². The second kappa shape index (κ2) is 4.02. The fourth-order valence-electron chi connectivity index (χ4n) is 1.86. The van der Waals surface area contributed by atoms with Crippen molar-refractivity contribution in [2.75, 3.05) is 13.7 Å². The molecule has 0 radical (unpaired) electrons. The van der Waals surface area contributed by atoms with Crippen LogP contribution >= 0.6 is 0 Å². The number of hydrogen-bond acceptors (Lipinski definition) is 4. The summed E-state index contributed by atoms with van der Waals surface area (Å²) < 4.78 is 5.02. The predicted octanol–water partition coefficient (Wildman–Crippen LogP) is 0.329. The minimum atomic E-state index is -0.194. The van der Waals surface area contributed by atoms with Gasteiger partial charge < -0.3 is 9.72 Å². The van der Waals surface area contributed by atoms with Crippen LogP contribution in [-0.2, 0) is 22.5 Å². The molecule has 0 spiro atoms. The highest BCUT2D eigenvalue weighted by Gasteiger charge is 2.31. The molecule has 0 bridgehead atoms. The summed E-state index contributed by atoms with van der Waals surface area (Å²) in [4.78, 5) is 20.9. The lowest BCUT2D eigenvalue weighted by Gasteiger charge is -2.29. The van der Waals surface area contributed by atoms with Crippen molar-refractivity contribution in [1.82, 2.24) is 14.9 Å². The highest BCUT2D eigenvalue weighted by atomic mass is 16.5. The maximum atomic E-state index is 11.6. The molecule has 1 aromatic heterocycles. The van der Waals surface area contributed by atoms with Crippen LogP contribution < -0.4 is 0 Å². The number of imidazole rings is 1. The third kappa shape index (κ3) is 1.87. The van der Waals surface area contributed by atoms with Crippen molar-refractivity contribution < 1.29 is 9.53 Å². The Hall–Kier alpha value is -1.36. The van der Waals surface area contributed by atoms with E-state index in [1.54, 1.807) is 6.33 Å². The number of H-pyrrole nitrogens is 1. The first kappa shape index (κ1) is 10.2. The zero-order valence-electron chi connectivity index (χ0n) is 8.99. The third-order valence-electron chi connectivity index (χ3n) is 2.69. The Morgan fingerprint density at radius 2 is 2.60 bits per heavy atom. The first-order valence-electron chi connectivity index (χ1n) is 5.10. The van der Waals surface area contributed by atoms with E-state index < -0.39 is 0 Å². The van der Waals surface area contributed by atoms with Crippen LogP contribution in [0.3, 0.4) is 0 Å². The molecule has 1 unspecified atom stereocenters. The number of esters is 1. The molecule has 82 valence electrons. The molecule has 15 heavy (non-hydrogen) atoms. The fourth-order valence-corrected chi connectivity index (χ4v) is 1.86. The van der Waals surface area contributed by atoms with Gasteiger partial charge in [-0.15, -0.1) is 0 Å². The summed E-state index contributed by atoms with van der Waals surface area (Å²) in [7, 11) is 1.92. The Morgan fingerprint density at radius 1 is 1.80 bits per heavy atom. The van der Waals surface area contributed by atoms with Crippen LogP contribution in [-0.4, -0.2) is 40.5 Å². The summed E-state index contributed by atoms with van der Waals surface area (Å²) in [6.45, 7) is 2.97. The fraction of sp³-hybridized carbons (Fsp3) is 0.600. The Kier molecular flexibility index (Phi) is 2.73. The minimum Gasteiger partial charge on any atom is -0.465 e. The summed E-state index contributed by atoms with van der Waals surface area (Å²) in [5, 5.41) is 0. The first-order chi connectivity index (χ1) is 7.22. The molecule has 2 heterocycles. The van der Waals surface area contributed by atoms with Gasteiger partial charge in [0.15, 0.2) is 0 Å². The summed E-state index contributed by atoms with van der Waals surface area (Å²) in [6, 6.07) is -0.194. The molecule has 0 saturated heterocycles. The standard InChI is InChI=1S/C10H15N3O2/c1-3-15-10(14)9-4-7-8(5-13(9)2)12-6-11-7/h6,9H,3-5H2,1-2H3,(H,11,12). The highest BCUT2D eigenvalue weighted by Crippen LogP contribution is 2.19. The van der Waals surface area contributed by atoms with Gasteiger partial charge in [-0.2, -0.15) is 0 Å². The molecule has 5 nitrogen and oxygen atoms in total. The number of ether oxygens (including phenoxy) is 1. The zero-order chi connectivity index (χ0) is 10.8. The van der Waals surface area contributed by atoms with Gasteiger partial charge >= 0.3 is 5.97 Å². The SMILES string of the molecule is CCOC(=O)C1Cc2nc[nH]c2CN1C. The van der Waals surface area contributed by atoms with E-state index in [0.717, 1.165) is 17.9 Å². The minimum absolute atomic E-state index is 0.159. The largest absolute Gasteiger partial charge is 0.465 e. The monoisotopic (exact) mass is 209 g/mol. The first-order valence-corrected chi connectivity index (χ1v) is 5.10. The molecule has 2 rings (SSSR count). The third-order valence-corrected chi connectivity index (χ3v) is 2.69. The number of nitrogens with zero attached hydrogens (tertiary/aromatic N) is 2. The average molecular weight is 209 g/mol. The molecule has 1 N–H and O–H groups in total. The van der Waals surface area contributed by atoms with E-state index in [4.69, 9.17) is 4.74 Å². The summed E-state index contributed by atoms with van der Waals surface area (Å²) in [5.41, 5.74) is 2.07. The summed E-state index contributed by atoms with van der Waals surface area (Å²) in [5.74, 6) is -0.159. The van der Waals surface area contributed by atoms with Gasteiger partial charge in [-0.05, 0) is 14.0 Å². The van der Waals surface area contributed by atoms with Gasteiger partial charge in [0.1, 0.15) is 6.04 Å². The van der Waals surface area contributed by atoms with Gasteiger partial charge in [0, 0.05) is 13.0 Å². The molecule has 1 aliphatic heterocycles. The smallest absolute Gasteiger partial charge is 0.323 e. The normalized spacial score (nSPS) is 21.1. The van der Waals surface area contributed by atoms with Crippen LogP contribution in [0.15, 0.2) is 6.33 Å². The van der Waals surface area contributed by atoms with E-state index in [1.165, 1.54) is 0 Å². The number of hydrogen-bond donors (Lipinski definition) is 1. The van der Waals surface area contributed by atoms with Crippen LogP contribution in [0.4, 0.5) is 0 Å². The van der Waals surface area contributed by atoms with Crippen molar-refractivity contribution in [2.45, 2.75) is 25.9 Å². The lowest BCUT2D eigenvalue weighted by molar-refractivity contribution is -0.149. The lowest BCUT2D eigenvalue weighted by Crippen LogP contribution is -2.44. The number of likely N-dealkylation sites (N-methyl/N-ethyl adjacent to an activating group) is 1. The molecule has 0 amide bonds. The molecule has 1 atom stereocenters. The van der Waals surface area contributed by atoms with E-state index in [9.17, 15) is 4.79 Å². The number of carbonyl (C=O) groups is 1. The van der Waals surface area contributed by atoms with Gasteiger partial charge in [0.2, 0.25) is 0 Å². The van der Waals surface area contributed by atoms with Gasteiger partial charge in [0.25, 0.3) is 0 Å². The quantitative estimate of drug-likeness (QED) is 0.713. The molecule has 0 aromatic carbocycles. The van der Waals surface area contributed by atoms with Gasteiger partial charge in [-0.1, -0.05) is 0 Å². The van der Waals surface area contributed by atoms with Crippen molar-refractivity contribution in [2.24, 2.45) is 0 Å². The predicted molar refractivity (Wildman–Crippen MR) is 54.2 cm³/mol. The number of fused-ring (bicyclic) bond motifs is 1. The Balaban J connectivity index is 2.13. The molecule has 1 aromatic rings. The molecule has 1 aliphatic rings. The van der Waals surface area contributed by atoms with Crippen molar-refractivity contribution in [3.63, 3.8) is 0 Å². The van der Waals surface area contributed by atoms with Gasteiger partial charge in [-0.3, -0.25) is 9.69 Å². The average Bonchev–Trinajstić information content (AvgIpc) is 2.63. The number of nitrogens with one attached hydrogen (secondary N) is 1. The van der Waals surface area contributed by atoms with Crippen molar-refractivity contribution in [3.8, 4) is 0 Å². The van der Waals surface area contributed by atoms with E-state index in [2.05, 4.69) is 9.97 Å². The summed E-state index contributed by atoms with van der Waals surface area (Å²) in [6.07, 6.45) is 2.31. The lowest BCUT2D eigenvalue weighted by atomic mass is 10.0. The van der Waals surface area contributed by atoms with E-state index in [1.807, 2.05) is 18.9 Å². The van der Waals surface area contributed by atoms with Crippen LogP contribution in [0.5, 0.6) is 0 Å². The summed E-state index contributed by atoms with van der Waals surface area (Å²) >= 11 is 0. The Bertz CT molecular complexity index is 361. The van der Waals surface area contributed by atoms with Crippen molar-refractivity contribution in [1.29, 1.82) is 0 Å². The Morgan fingerprint density at radius 3 is 3.33 bits per heavy atom.